The quantitative estimate of drug-likeness (QED) is 0.674. The summed E-state index contributed by atoms with van der Waals surface area (Å²) >= 11 is 0. The maximum absolute atomic E-state index is 12.0. The van der Waals surface area contributed by atoms with Gasteiger partial charge in [-0.15, -0.1) is 0 Å². The Morgan fingerprint density at radius 2 is 2.06 bits per heavy atom. The van der Waals surface area contributed by atoms with Crippen LogP contribution in [0, 0.1) is 0 Å². The number of nitrogens with zero attached hydrogens (tertiary/aromatic N) is 1. The first-order valence-electron chi connectivity index (χ1n) is 6.50. The van der Waals surface area contributed by atoms with Gasteiger partial charge in [0.05, 0.1) is 13.0 Å². The summed E-state index contributed by atoms with van der Waals surface area (Å²) in [7, 11) is 0. The van der Waals surface area contributed by atoms with Crippen molar-refractivity contribution in [1.29, 1.82) is 0 Å². The van der Waals surface area contributed by atoms with Gasteiger partial charge in [0.15, 0.2) is 0 Å². The van der Waals surface area contributed by atoms with Crippen LogP contribution in [0.15, 0.2) is 0 Å². The molecule has 0 aromatic heterocycles. The van der Waals surface area contributed by atoms with Crippen LogP contribution >= 0.6 is 0 Å². The molecule has 0 radical (unpaired) electrons. The van der Waals surface area contributed by atoms with E-state index in [9.17, 15) is 13.6 Å². The molecule has 0 aliphatic heterocycles. The molecule has 0 heterocycles. The predicted octanol–water partition coefficient (Wildman–Crippen LogP) is 1.39. The van der Waals surface area contributed by atoms with E-state index in [2.05, 4.69) is 0 Å². The summed E-state index contributed by atoms with van der Waals surface area (Å²) in [6.07, 6.45) is 1.99. The SMILES string of the molecule is NCCN(C(=O)CCOCC(F)F)C1CCCC1. The molecule has 4 nitrogen and oxygen atoms in total. The molecule has 6 heteroatoms. The molecule has 0 spiro atoms. The summed E-state index contributed by atoms with van der Waals surface area (Å²) in [5.74, 6) is -0.0402. The van der Waals surface area contributed by atoms with Crippen LogP contribution in [0.5, 0.6) is 0 Å². The molecule has 0 bridgehead atoms. The lowest BCUT2D eigenvalue weighted by Gasteiger charge is -2.28. The zero-order valence-electron chi connectivity index (χ0n) is 10.6. The van der Waals surface area contributed by atoms with Crippen LogP contribution in [0.25, 0.3) is 0 Å². The molecule has 2 N–H and O–H groups in total. The maximum atomic E-state index is 12.0. The van der Waals surface area contributed by atoms with Gasteiger partial charge in [-0.2, -0.15) is 0 Å². The molecule has 0 aromatic rings. The van der Waals surface area contributed by atoms with Crippen molar-refractivity contribution in [2.75, 3.05) is 26.3 Å². The molecule has 0 aromatic carbocycles. The molecule has 18 heavy (non-hydrogen) atoms. The summed E-state index contributed by atoms with van der Waals surface area (Å²) in [6, 6.07) is 0.274. The second-order valence-electron chi connectivity index (χ2n) is 4.53. The van der Waals surface area contributed by atoms with Gasteiger partial charge in [0.1, 0.15) is 6.61 Å². The van der Waals surface area contributed by atoms with Crippen molar-refractivity contribution in [2.45, 2.75) is 44.6 Å². The Kier molecular flexibility index (Phi) is 7.12. The molecule has 1 saturated carbocycles. The Morgan fingerprint density at radius 1 is 1.39 bits per heavy atom. The first kappa shape index (κ1) is 15.3. The van der Waals surface area contributed by atoms with E-state index >= 15 is 0 Å². The average Bonchev–Trinajstić information content (AvgIpc) is 2.84. The lowest BCUT2D eigenvalue weighted by Crippen LogP contribution is -2.42. The number of nitrogens with two attached hydrogens (primary N) is 1. The monoisotopic (exact) mass is 264 g/mol. The topological polar surface area (TPSA) is 55.6 Å². The molecule has 1 fully saturated rings. The zero-order valence-corrected chi connectivity index (χ0v) is 10.6. The Bertz CT molecular complexity index is 246. The van der Waals surface area contributed by atoms with Crippen LogP contribution in [0.1, 0.15) is 32.1 Å². The molecular formula is C12H22F2N2O2. The highest BCUT2D eigenvalue weighted by atomic mass is 19.3. The minimum absolute atomic E-state index is 0.0402. The van der Waals surface area contributed by atoms with Gasteiger partial charge in [0, 0.05) is 19.1 Å². The number of rotatable bonds is 8. The molecule has 106 valence electrons. The van der Waals surface area contributed by atoms with Gasteiger partial charge in [-0.25, -0.2) is 8.78 Å². The summed E-state index contributed by atoms with van der Waals surface area (Å²) in [5, 5.41) is 0. The second-order valence-corrected chi connectivity index (χ2v) is 4.53. The molecule has 1 rings (SSSR count). The fraction of sp³-hybridized carbons (Fsp3) is 0.917. The van der Waals surface area contributed by atoms with E-state index in [1.165, 1.54) is 0 Å². The van der Waals surface area contributed by atoms with Crippen molar-refractivity contribution in [2.24, 2.45) is 5.73 Å². The van der Waals surface area contributed by atoms with Gasteiger partial charge in [0.25, 0.3) is 6.43 Å². The van der Waals surface area contributed by atoms with Gasteiger partial charge in [-0.1, -0.05) is 12.8 Å². The van der Waals surface area contributed by atoms with Crippen molar-refractivity contribution in [3.63, 3.8) is 0 Å². The highest BCUT2D eigenvalue weighted by molar-refractivity contribution is 5.76. The van der Waals surface area contributed by atoms with Gasteiger partial charge in [0.2, 0.25) is 5.91 Å². The third-order valence-electron chi connectivity index (χ3n) is 3.16. The van der Waals surface area contributed by atoms with Crippen molar-refractivity contribution in [3.8, 4) is 0 Å². The summed E-state index contributed by atoms with van der Waals surface area (Å²) in [5.41, 5.74) is 5.51. The fourth-order valence-electron chi connectivity index (χ4n) is 2.34. The smallest absolute Gasteiger partial charge is 0.261 e. The van der Waals surface area contributed by atoms with E-state index in [0.717, 1.165) is 25.7 Å². The van der Waals surface area contributed by atoms with Gasteiger partial charge in [-0.3, -0.25) is 4.79 Å². The molecule has 0 unspecified atom stereocenters. The molecule has 1 aliphatic carbocycles. The van der Waals surface area contributed by atoms with Crippen LogP contribution in [0.2, 0.25) is 0 Å². The van der Waals surface area contributed by atoms with Crippen molar-refractivity contribution < 1.29 is 18.3 Å². The Balaban J connectivity index is 2.30. The Hall–Kier alpha value is -0.750. The van der Waals surface area contributed by atoms with Gasteiger partial charge >= 0.3 is 0 Å². The van der Waals surface area contributed by atoms with E-state index in [1.807, 2.05) is 0 Å². The standard InChI is InChI=1S/C12H22F2N2O2/c13-11(14)9-18-8-5-12(17)16(7-6-15)10-3-1-2-4-10/h10-11H,1-9,15H2. The number of amides is 1. The highest BCUT2D eigenvalue weighted by Crippen LogP contribution is 2.23. The molecular weight excluding hydrogens is 242 g/mol. The zero-order chi connectivity index (χ0) is 13.4. The summed E-state index contributed by atoms with van der Waals surface area (Å²) in [4.78, 5) is 13.8. The fourth-order valence-corrected chi connectivity index (χ4v) is 2.34. The minimum atomic E-state index is -2.48. The third-order valence-corrected chi connectivity index (χ3v) is 3.16. The Labute approximate surface area is 106 Å². The number of halogens is 2. The molecule has 1 amide bonds. The van der Waals surface area contributed by atoms with E-state index in [4.69, 9.17) is 10.5 Å². The summed E-state index contributed by atoms with van der Waals surface area (Å²) < 4.78 is 28.4. The highest BCUT2D eigenvalue weighted by Gasteiger charge is 2.25. The Morgan fingerprint density at radius 3 is 2.61 bits per heavy atom. The number of carbonyl (C=O) groups is 1. The van der Waals surface area contributed by atoms with Gasteiger partial charge in [-0.05, 0) is 12.8 Å². The first-order valence-corrected chi connectivity index (χ1v) is 6.50. The number of carbonyl (C=O) groups excluding carboxylic acids is 1. The largest absolute Gasteiger partial charge is 0.375 e. The normalized spacial score (nSPS) is 16.4. The van der Waals surface area contributed by atoms with Crippen LogP contribution in [-0.2, 0) is 9.53 Å². The number of hydrogen-bond acceptors (Lipinski definition) is 3. The van der Waals surface area contributed by atoms with Crippen LogP contribution < -0.4 is 5.73 Å². The van der Waals surface area contributed by atoms with Crippen molar-refractivity contribution in [3.05, 3.63) is 0 Å². The van der Waals surface area contributed by atoms with E-state index in [1.54, 1.807) is 4.90 Å². The molecule has 0 saturated heterocycles. The van der Waals surface area contributed by atoms with Crippen LogP contribution in [-0.4, -0.2) is 49.6 Å². The van der Waals surface area contributed by atoms with E-state index in [-0.39, 0.29) is 25.0 Å². The van der Waals surface area contributed by atoms with Gasteiger partial charge < -0.3 is 15.4 Å². The average molecular weight is 264 g/mol. The minimum Gasteiger partial charge on any atom is -0.375 e. The van der Waals surface area contributed by atoms with E-state index in [0.29, 0.717) is 13.1 Å². The van der Waals surface area contributed by atoms with Crippen LogP contribution in [0.3, 0.4) is 0 Å². The number of ether oxygens (including phenoxy) is 1. The van der Waals surface area contributed by atoms with Crippen LogP contribution in [0.4, 0.5) is 8.78 Å². The second kappa shape index (κ2) is 8.37. The predicted molar refractivity (Wildman–Crippen MR) is 64.5 cm³/mol. The van der Waals surface area contributed by atoms with Crippen molar-refractivity contribution >= 4 is 5.91 Å². The maximum Gasteiger partial charge on any atom is 0.261 e. The molecule has 1 aliphatic rings. The number of hydrogen-bond donors (Lipinski definition) is 1. The third kappa shape index (κ3) is 5.27. The van der Waals surface area contributed by atoms with E-state index < -0.39 is 13.0 Å². The van der Waals surface area contributed by atoms with Crippen molar-refractivity contribution in [1.82, 2.24) is 4.90 Å². The first-order chi connectivity index (χ1) is 8.65. The molecule has 0 atom stereocenters. The number of alkyl halides is 2. The lowest BCUT2D eigenvalue weighted by atomic mass is 10.2. The summed E-state index contributed by atoms with van der Waals surface area (Å²) in [6.45, 7) is 0.420. The lowest BCUT2D eigenvalue weighted by molar-refractivity contribution is -0.134.